The minimum atomic E-state index is -0.674. The highest BCUT2D eigenvalue weighted by atomic mass is 16.6. The third-order valence-corrected chi connectivity index (χ3v) is 2.69. The van der Waals surface area contributed by atoms with Crippen LogP contribution in [0.25, 0.3) is 0 Å². The SMILES string of the molecule is CCC(=O)C(C)n1cc([N+](=O)[O-])c(C)cc1=O. The first kappa shape index (κ1) is 13.1. The van der Waals surface area contributed by atoms with Crippen LogP contribution < -0.4 is 5.56 Å². The van der Waals surface area contributed by atoms with Crippen LogP contribution in [0, 0.1) is 17.0 Å². The van der Waals surface area contributed by atoms with E-state index in [2.05, 4.69) is 0 Å². The van der Waals surface area contributed by atoms with E-state index in [1.165, 1.54) is 13.0 Å². The summed E-state index contributed by atoms with van der Waals surface area (Å²) in [5.74, 6) is -0.134. The maximum absolute atomic E-state index is 11.7. The summed E-state index contributed by atoms with van der Waals surface area (Å²) in [5, 5.41) is 10.8. The van der Waals surface area contributed by atoms with E-state index in [1.807, 2.05) is 0 Å². The number of nitro groups is 1. The van der Waals surface area contributed by atoms with Crippen LogP contribution in [-0.2, 0) is 4.79 Å². The molecule has 0 saturated carbocycles. The van der Waals surface area contributed by atoms with Crippen molar-refractivity contribution in [3.63, 3.8) is 0 Å². The van der Waals surface area contributed by atoms with Crippen molar-refractivity contribution in [3.8, 4) is 0 Å². The second-order valence-electron chi connectivity index (χ2n) is 3.84. The maximum atomic E-state index is 11.7. The molecule has 0 N–H and O–H groups in total. The van der Waals surface area contributed by atoms with Gasteiger partial charge in [0.05, 0.1) is 17.2 Å². The number of carbonyl (C=O) groups is 1. The number of hydrogen-bond donors (Lipinski definition) is 0. The summed E-state index contributed by atoms with van der Waals surface area (Å²) in [6.07, 6.45) is 1.42. The zero-order valence-electron chi connectivity index (χ0n) is 9.97. The van der Waals surface area contributed by atoms with Gasteiger partial charge in [0, 0.05) is 18.1 Å². The minimum Gasteiger partial charge on any atom is -0.298 e. The van der Waals surface area contributed by atoms with Gasteiger partial charge in [0.25, 0.3) is 11.2 Å². The van der Waals surface area contributed by atoms with Crippen LogP contribution in [0.5, 0.6) is 0 Å². The van der Waals surface area contributed by atoms with E-state index < -0.39 is 16.5 Å². The standard InChI is InChI=1S/C11H14N2O4/c1-4-10(14)8(3)12-6-9(13(16)17)7(2)5-11(12)15/h5-6,8H,4H2,1-3H3. The molecule has 6 heteroatoms. The normalized spacial score (nSPS) is 12.2. The van der Waals surface area contributed by atoms with Crippen LogP contribution in [0.2, 0.25) is 0 Å². The topological polar surface area (TPSA) is 82.2 Å². The Morgan fingerprint density at radius 3 is 2.65 bits per heavy atom. The average molecular weight is 238 g/mol. The Hall–Kier alpha value is -1.98. The van der Waals surface area contributed by atoms with Crippen LogP contribution in [0.3, 0.4) is 0 Å². The second-order valence-corrected chi connectivity index (χ2v) is 3.84. The molecule has 1 heterocycles. The van der Waals surface area contributed by atoms with Gasteiger partial charge in [-0.15, -0.1) is 0 Å². The molecule has 6 nitrogen and oxygen atoms in total. The summed E-state index contributed by atoms with van der Waals surface area (Å²) in [4.78, 5) is 33.4. The van der Waals surface area contributed by atoms with E-state index in [1.54, 1.807) is 13.8 Å². The smallest absolute Gasteiger partial charge is 0.288 e. The number of ketones is 1. The fourth-order valence-corrected chi connectivity index (χ4v) is 1.58. The van der Waals surface area contributed by atoms with Crippen molar-refractivity contribution in [1.29, 1.82) is 0 Å². The molecular formula is C11H14N2O4. The summed E-state index contributed by atoms with van der Waals surface area (Å²) in [6.45, 7) is 4.74. The number of aromatic nitrogens is 1. The molecule has 0 spiro atoms. The fraction of sp³-hybridized carbons (Fsp3) is 0.455. The quantitative estimate of drug-likeness (QED) is 0.589. The Balaban J connectivity index is 3.35. The van der Waals surface area contributed by atoms with E-state index >= 15 is 0 Å². The summed E-state index contributed by atoms with van der Waals surface area (Å²) in [5.41, 5.74) is -0.254. The molecule has 0 aromatic carbocycles. The highest BCUT2D eigenvalue weighted by molar-refractivity contribution is 5.81. The maximum Gasteiger partial charge on any atom is 0.288 e. The molecule has 0 fully saturated rings. The van der Waals surface area contributed by atoms with E-state index in [9.17, 15) is 19.7 Å². The first-order valence-electron chi connectivity index (χ1n) is 5.28. The fourth-order valence-electron chi connectivity index (χ4n) is 1.58. The molecule has 0 radical (unpaired) electrons. The molecular weight excluding hydrogens is 224 g/mol. The Kier molecular flexibility index (Phi) is 3.77. The number of Topliss-reactive ketones (excluding diaryl/α,β-unsaturated/α-hetero) is 1. The van der Waals surface area contributed by atoms with E-state index in [-0.39, 0.29) is 17.9 Å². The van der Waals surface area contributed by atoms with E-state index in [0.29, 0.717) is 5.56 Å². The summed E-state index contributed by atoms with van der Waals surface area (Å²) >= 11 is 0. The highest BCUT2D eigenvalue weighted by Crippen LogP contribution is 2.17. The number of carbonyl (C=O) groups excluding carboxylic acids is 1. The molecule has 1 atom stereocenters. The summed E-state index contributed by atoms with van der Waals surface area (Å²) in [6, 6.07) is 0.504. The van der Waals surface area contributed by atoms with Gasteiger partial charge in [-0.2, -0.15) is 0 Å². The molecule has 1 rings (SSSR count). The van der Waals surface area contributed by atoms with Crippen LogP contribution in [0.15, 0.2) is 17.1 Å². The Morgan fingerprint density at radius 1 is 1.59 bits per heavy atom. The van der Waals surface area contributed by atoms with Gasteiger partial charge in [-0.1, -0.05) is 6.92 Å². The zero-order valence-corrected chi connectivity index (χ0v) is 9.97. The molecule has 92 valence electrons. The van der Waals surface area contributed by atoms with Gasteiger partial charge >= 0.3 is 0 Å². The van der Waals surface area contributed by atoms with E-state index in [0.717, 1.165) is 10.8 Å². The molecule has 0 bridgehead atoms. The van der Waals surface area contributed by atoms with Crippen LogP contribution in [-0.4, -0.2) is 15.3 Å². The Bertz CT molecular complexity index is 519. The van der Waals surface area contributed by atoms with Gasteiger partial charge in [0.15, 0.2) is 5.78 Å². The van der Waals surface area contributed by atoms with Crippen molar-refractivity contribution in [2.75, 3.05) is 0 Å². The first-order chi connectivity index (χ1) is 7.88. The first-order valence-corrected chi connectivity index (χ1v) is 5.28. The van der Waals surface area contributed by atoms with Crippen LogP contribution in [0.1, 0.15) is 31.9 Å². The van der Waals surface area contributed by atoms with Gasteiger partial charge in [0.1, 0.15) is 0 Å². The van der Waals surface area contributed by atoms with Crippen molar-refractivity contribution in [3.05, 3.63) is 38.3 Å². The zero-order chi connectivity index (χ0) is 13.2. The highest BCUT2D eigenvalue weighted by Gasteiger charge is 2.19. The third kappa shape index (κ3) is 2.58. The van der Waals surface area contributed by atoms with E-state index in [4.69, 9.17) is 0 Å². The number of hydrogen-bond acceptors (Lipinski definition) is 4. The van der Waals surface area contributed by atoms with Crippen molar-refractivity contribution in [2.24, 2.45) is 0 Å². The predicted octanol–water partition coefficient (Wildman–Crippen LogP) is 1.61. The van der Waals surface area contributed by atoms with Gasteiger partial charge in [-0.3, -0.25) is 24.3 Å². The molecule has 0 aliphatic rings. The summed E-state index contributed by atoms with van der Waals surface area (Å²) < 4.78 is 1.11. The third-order valence-electron chi connectivity index (χ3n) is 2.69. The monoisotopic (exact) mass is 238 g/mol. The minimum absolute atomic E-state index is 0.134. The molecule has 1 unspecified atom stereocenters. The largest absolute Gasteiger partial charge is 0.298 e. The second kappa shape index (κ2) is 4.90. The van der Waals surface area contributed by atoms with Gasteiger partial charge in [0.2, 0.25) is 0 Å². The molecule has 1 aromatic rings. The van der Waals surface area contributed by atoms with Gasteiger partial charge in [-0.25, -0.2) is 0 Å². The van der Waals surface area contributed by atoms with Crippen LogP contribution >= 0.6 is 0 Å². The number of pyridine rings is 1. The molecule has 0 aliphatic heterocycles. The average Bonchev–Trinajstić information content (AvgIpc) is 2.26. The van der Waals surface area contributed by atoms with Gasteiger partial charge in [-0.05, 0) is 13.8 Å². The number of rotatable bonds is 4. The van der Waals surface area contributed by atoms with Crippen molar-refractivity contribution >= 4 is 11.5 Å². The van der Waals surface area contributed by atoms with Crippen molar-refractivity contribution < 1.29 is 9.72 Å². The lowest BCUT2D eigenvalue weighted by molar-refractivity contribution is -0.386. The predicted molar refractivity (Wildman–Crippen MR) is 62.1 cm³/mol. The molecule has 0 saturated heterocycles. The van der Waals surface area contributed by atoms with Crippen molar-refractivity contribution in [1.82, 2.24) is 4.57 Å². The van der Waals surface area contributed by atoms with Crippen molar-refractivity contribution in [2.45, 2.75) is 33.2 Å². The summed E-state index contributed by atoms with van der Waals surface area (Å²) in [7, 11) is 0. The van der Waals surface area contributed by atoms with Gasteiger partial charge < -0.3 is 0 Å². The molecule has 0 amide bonds. The lowest BCUT2D eigenvalue weighted by Crippen LogP contribution is -2.27. The molecule has 0 aliphatic carbocycles. The lowest BCUT2D eigenvalue weighted by atomic mass is 10.1. The van der Waals surface area contributed by atoms with Crippen LogP contribution in [0.4, 0.5) is 5.69 Å². The lowest BCUT2D eigenvalue weighted by Gasteiger charge is -2.13. The Labute approximate surface area is 98.0 Å². The number of nitrogens with zero attached hydrogens (tertiary/aromatic N) is 2. The Morgan fingerprint density at radius 2 is 2.18 bits per heavy atom. The molecule has 17 heavy (non-hydrogen) atoms. The number of aryl methyl sites for hydroxylation is 1. The molecule has 1 aromatic heterocycles.